The zero-order chi connectivity index (χ0) is 13.7. The maximum absolute atomic E-state index is 12.0. The number of nitrogens with one attached hydrogen (secondary N) is 2. The highest BCUT2D eigenvalue weighted by Gasteiger charge is 2.16. The highest BCUT2D eigenvalue weighted by molar-refractivity contribution is 7.88. The largest absolute Gasteiger partial charge is 0.316 e. The lowest BCUT2D eigenvalue weighted by atomic mass is 10.1. The topological polar surface area (TPSA) is 58.2 Å². The first-order valence-corrected chi connectivity index (χ1v) is 8.44. The molecular formula is C14H22N2O2S. The molecule has 0 spiro atoms. The minimum atomic E-state index is -3.21. The van der Waals surface area contributed by atoms with Crippen molar-refractivity contribution in [1.29, 1.82) is 0 Å². The van der Waals surface area contributed by atoms with Crippen LogP contribution in [-0.4, -0.2) is 28.1 Å². The molecule has 1 unspecified atom stereocenters. The first kappa shape index (κ1) is 14.5. The lowest BCUT2D eigenvalue weighted by Gasteiger charge is -2.10. The predicted octanol–water partition coefficient (Wildman–Crippen LogP) is 1.41. The van der Waals surface area contributed by atoms with E-state index < -0.39 is 10.0 Å². The molecule has 5 heteroatoms. The first-order chi connectivity index (χ1) is 9.05. The number of sulfonamides is 1. The van der Waals surface area contributed by atoms with Gasteiger partial charge in [-0.1, -0.05) is 29.8 Å². The van der Waals surface area contributed by atoms with E-state index in [1.165, 1.54) is 0 Å². The molecule has 1 aromatic carbocycles. The van der Waals surface area contributed by atoms with E-state index in [0.29, 0.717) is 12.5 Å². The van der Waals surface area contributed by atoms with Gasteiger partial charge in [-0.25, -0.2) is 13.1 Å². The Bertz CT molecular complexity index is 508. The number of benzene rings is 1. The molecule has 2 N–H and O–H groups in total. The predicted molar refractivity (Wildman–Crippen MR) is 77.4 cm³/mol. The molecule has 1 atom stereocenters. The van der Waals surface area contributed by atoms with Crippen LogP contribution in [0.2, 0.25) is 0 Å². The summed E-state index contributed by atoms with van der Waals surface area (Å²) in [6, 6.07) is 7.63. The third-order valence-corrected chi connectivity index (χ3v) is 4.83. The minimum Gasteiger partial charge on any atom is -0.316 e. The minimum absolute atomic E-state index is 0.0671. The fourth-order valence-electron chi connectivity index (χ4n) is 2.45. The lowest BCUT2D eigenvalue weighted by molar-refractivity contribution is 0.519. The van der Waals surface area contributed by atoms with Crippen molar-refractivity contribution in [3.63, 3.8) is 0 Å². The molecule has 106 valence electrons. The van der Waals surface area contributed by atoms with Gasteiger partial charge in [0, 0.05) is 6.54 Å². The Kier molecular flexibility index (Phi) is 4.96. The van der Waals surface area contributed by atoms with Gasteiger partial charge in [-0.15, -0.1) is 0 Å². The summed E-state index contributed by atoms with van der Waals surface area (Å²) < 4.78 is 26.6. The summed E-state index contributed by atoms with van der Waals surface area (Å²) in [7, 11) is -3.21. The van der Waals surface area contributed by atoms with Crippen LogP contribution in [0.5, 0.6) is 0 Å². The van der Waals surface area contributed by atoms with Crippen LogP contribution in [0, 0.1) is 12.8 Å². The van der Waals surface area contributed by atoms with Gasteiger partial charge in [-0.3, -0.25) is 0 Å². The zero-order valence-corrected chi connectivity index (χ0v) is 12.2. The number of rotatable bonds is 6. The van der Waals surface area contributed by atoms with Crippen molar-refractivity contribution in [3.8, 4) is 0 Å². The third kappa shape index (κ3) is 4.93. The van der Waals surface area contributed by atoms with Gasteiger partial charge in [0.2, 0.25) is 10.0 Å². The van der Waals surface area contributed by atoms with Crippen molar-refractivity contribution in [1.82, 2.24) is 10.0 Å². The van der Waals surface area contributed by atoms with Crippen LogP contribution in [0.25, 0.3) is 0 Å². The molecule has 1 aliphatic rings. The van der Waals surface area contributed by atoms with Crippen molar-refractivity contribution < 1.29 is 8.42 Å². The van der Waals surface area contributed by atoms with E-state index >= 15 is 0 Å². The van der Waals surface area contributed by atoms with Crippen LogP contribution in [0.4, 0.5) is 0 Å². The summed E-state index contributed by atoms with van der Waals surface area (Å²) in [6.45, 7) is 4.58. The van der Waals surface area contributed by atoms with Crippen LogP contribution < -0.4 is 10.0 Å². The van der Waals surface area contributed by atoms with Gasteiger partial charge in [0.15, 0.2) is 0 Å². The average molecular weight is 282 g/mol. The van der Waals surface area contributed by atoms with Gasteiger partial charge in [0.05, 0.1) is 5.75 Å². The Labute approximate surface area is 115 Å². The summed E-state index contributed by atoms with van der Waals surface area (Å²) in [5, 5.41) is 3.29. The fraction of sp³-hybridized carbons (Fsp3) is 0.571. The molecule has 1 saturated heterocycles. The molecule has 0 radical (unpaired) electrons. The molecule has 4 nitrogen and oxygen atoms in total. The number of aryl methyl sites for hydroxylation is 1. The number of hydrogen-bond donors (Lipinski definition) is 2. The molecule has 1 heterocycles. The Morgan fingerprint density at radius 3 is 2.95 bits per heavy atom. The molecule has 0 aromatic heterocycles. The first-order valence-electron chi connectivity index (χ1n) is 6.79. The molecule has 1 aromatic rings. The van der Waals surface area contributed by atoms with Crippen molar-refractivity contribution in [2.45, 2.75) is 25.5 Å². The number of hydrogen-bond acceptors (Lipinski definition) is 3. The molecule has 0 bridgehead atoms. The van der Waals surface area contributed by atoms with Gasteiger partial charge < -0.3 is 5.32 Å². The summed E-state index contributed by atoms with van der Waals surface area (Å²) >= 11 is 0. The SMILES string of the molecule is Cc1cccc(CS(=O)(=O)NCCC2CCNC2)c1. The molecule has 1 fully saturated rings. The van der Waals surface area contributed by atoms with Crippen molar-refractivity contribution >= 4 is 10.0 Å². The van der Waals surface area contributed by atoms with Gasteiger partial charge in [0.25, 0.3) is 0 Å². The van der Waals surface area contributed by atoms with Gasteiger partial charge in [-0.05, 0) is 44.3 Å². The summed E-state index contributed by atoms with van der Waals surface area (Å²) in [6.07, 6.45) is 2.07. The molecule has 0 aliphatic carbocycles. The summed E-state index contributed by atoms with van der Waals surface area (Å²) in [5.74, 6) is 0.680. The van der Waals surface area contributed by atoms with Gasteiger partial charge in [-0.2, -0.15) is 0 Å². The van der Waals surface area contributed by atoms with E-state index in [0.717, 1.165) is 37.1 Å². The smallest absolute Gasteiger partial charge is 0.215 e. The van der Waals surface area contributed by atoms with E-state index in [9.17, 15) is 8.42 Å². The van der Waals surface area contributed by atoms with Crippen LogP contribution in [0.1, 0.15) is 24.0 Å². The Balaban J connectivity index is 1.81. The molecule has 2 rings (SSSR count). The standard InChI is InChI=1S/C14H22N2O2S/c1-12-3-2-4-14(9-12)11-19(17,18)16-8-6-13-5-7-15-10-13/h2-4,9,13,15-16H,5-8,10-11H2,1H3. The highest BCUT2D eigenvalue weighted by atomic mass is 32.2. The van der Waals surface area contributed by atoms with Gasteiger partial charge in [0.1, 0.15) is 0 Å². The zero-order valence-electron chi connectivity index (χ0n) is 11.4. The lowest BCUT2D eigenvalue weighted by Crippen LogP contribution is -2.27. The van der Waals surface area contributed by atoms with Crippen LogP contribution in [-0.2, 0) is 15.8 Å². The highest BCUT2D eigenvalue weighted by Crippen LogP contribution is 2.12. The quantitative estimate of drug-likeness (QED) is 0.829. The normalized spacial score (nSPS) is 19.7. The molecule has 1 aliphatic heterocycles. The van der Waals surface area contributed by atoms with E-state index in [4.69, 9.17) is 0 Å². The Morgan fingerprint density at radius 2 is 2.26 bits per heavy atom. The van der Waals surface area contributed by atoms with E-state index in [2.05, 4.69) is 10.0 Å². The van der Waals surface area contributed by atoms with Crippen LogP contribution in [0.3, 0.4) is 0 Å². The van der Waals surface area contributed by atoms with E-state index in [1.807, 2.05) is 31.2 Å². The van der Waals surface area contributed by atoms with E-state index in [1.54, 1.807) is 0 Å². The Hall–Kier alpha value is -0.910. The van der Waals surface area contributed by atoms with Crippen molar-refractivity contribution in [2.75, 3.05) is 19.6 Å². The van der Waals surface area contributed by atoms with Crippen LogP contribution >= 0.6 is 0 Å². The maximum atomic E-state index is 12.0. The molecule has 19 heavy (non-hydrogen) atoms. The second-order valence-electron chi connectivity index (χ2n) is 5.29. The van der Waals surface area contributed by atoms with Crippen LogP contribution in [0.15, 0.2) is 24.3 Å². The maximum Gasteiger partial charge on any atom is 0.215 e. The molecular weight excluding hydrogens is 260 g/mol. The monoisotopic (exact) mass is 282 g/mol. The average Bonchev–Trinajstić information content (AvgIpc) is 2.81. The Morgan fingerprint density at radius 1 is 1.42 bits per heavy atom. The molecule has 0 amide bonds. The summed E-state index contributed by atoms with van der Waals surface area (Å²) in [5.41, 5.74) is 1.93. The van der Waals surface area contributed by atoms with Gasteiger partial charge >= 0.3 is 0 Å². The van der Waals surface area contributed by atoms with E-state index in [-0.39, 0.29) is 5.75 Å². The second-order valence-corrected chi connectivity index (χ2v) is 7.10. The van der Waals surface area contributed by atoms with Crippen molar-refractivity contribution in [2.24, 2.45) is 5.92 Å². The van der Waals surface area contributed by atoms with Crippen molar-refractivity contribution in [3.05, 3.63) is 35.4 Å². The third-order valence-electron chi connectivity index (χ3n) is 3.48. The second kappa shape index (κ2) is 6.50. The summed E-state index contributed by atoms with van der Waals surface area (Å²) in [4.78, 5) is 0. The molecule has 0 saturated carbocycles. The fourth-order valence-corrected chi connectivity index (χ4v) is 3.60.